The first kappa shape index (κ1) is 13.8. The van der Waals surface area contributed by atoms with Crippen LogP contribution in [0.15, 0.2) is 28.3 Å². The van der Waals surface area contributed by atoms with Crippen LogP contribution >= 0.6 is 22.7 Å². The van der Waals surface area contributed by atoms with Gasteiger partial charge in [0.1, 0.15) is 0 Å². The normalized spacial score (nSPS) is 9.74. The summed E-state index contributed by atoms with van der Waals surface area (Å²) in [4.78, 5) is 12.8. The number of thiophene rings is 2. The zero-order chi connectivity index (χ0) is 13.5. The Morgan fingerprint density at radius 2 is 2.32 bits per heavy atom. The summed E-state index contributed by atoms with van der Waals surface area (Å²) in [5, 5.41) is 8.85. The monoisotopic (exact) mass is 290 g/mol. The molecule has 1 amide bonds. The minimum absolute atomic E-state index is 0.0430. The second-order valence-electron chi connectivity index (χ2n) is 3.89. The molecule has 5 heteroatoms. The van der Waals surface area contributed by atoms with Crippen molar-refractivity contribution < 1.29 is 4.79 Å². The summed E-state index contributed by atoms with van der Waals surface area (Å²) in [7, 11) is 0. The zero-order valence-electron chi connectivity index (χ0n) is 10.3. The minimum Gasteiger partial charge on any atom is -0.351 e. The van der Waals surface area contributed by atoms with Crippen molar-refractivity contribution in [2.45, 2.75) is 13.0 Å². The summed E-state index contributed by atoms with van der Waals surface area (Å²) in [5.74, 6) is 5.83. The number of hydrogen-bond donors (Lipinski definition) is 2. The minimum atomic E-state index is 0.0430. The van der Waals surface area contributed by atoms with Gasteiger partial charge in [-0.15, -0.1) is 11.3 Å². The van der Waals surface area contributed by atoms with Crippen LogP contribution < -0.4 is 11.1 Å². The second-order valence-corrected chi connectivity index (χ2v) is 5.67. The molecule has 0 saturated heterocycles. The van der Waals surface area contributed by atoms with E-state index in [4.69, 9.17) is 5.73 Å². The fourth-order valence-electron chi connectivity index (χ4n) is 1.52. The lowest BCUT2D eigenvalue weighted by atomic mass is 10.2. The van der Waals surface area contributed by atoms with Gasteiger partial charge in [0.15, 0.2) is 0 Å². The Hall–Kier alpha value is -1.61. The number of amides is 1. The van der Waals surface area contributed by atoms with Gasteiger partial charge >= 0.3 is 0 Å². The van der Waals surface area contributed by atoms with Crippen molar-refractivity contribution in [2.75, 3.05) is 6.54 Å². The molecule has 0 spiro atoms. The highest BCUT2D eigenvalue weighted by Crippen LogP contribution is 2.13. The van der Waals surface area contributed by atoms with E-state index in [1.807, 2.05) is 28.3 Å². The first-order chi connectivity index (χ1) is 9.28. The van der Waals surface area contributed by atoms with Crippen molar-refractivity contribution in [2.24, 2.45) is 5.73 Å². The molecule has 0 bridgehead atoms. The van der Waals surface area contributed by atoms with E-state index in [0.29, 0.717) is 19.5 Å². The summed E-state index contributed by atoms with van der Waals surface area (Å²) in [5.41, 5.74) is 7.33. The van der Waals surface area contributed by atoms with Crippen molar-refractivity contribution in [1.82, 2.24) is 5.32 Å². The SMILES string of the molecule is NCC#Cc1csc(CNC(=O)Cc2ccsc2)c1. The third-order valence-corrected chi connectivity index (χ3v) is 4.06. The molecule has 2 heterocycles. The summed E-state index contributed by atoms with van der Waals surface area (Å²) in [6, 6.07) is 3.95. The molecule has 0 aliphatic rings. The summed E-state index contributed by atoms with van der Waals surface area (Å²) in [6.45, 7) is 0.917. The van der Waals surface area contributed by atoms with Crippen molar-refractivity contribution in [1.29, 1.82) is 0 Å². The van der Waals surface area contributed by atoms with E-state index in [2.05, 4.69) is 17.2 Å². The van der Waals surface area contributed by atoms with E-state index in [9.17, 15) is 4.79 Å². The predicted octanol–water partition coefficient (Wildman–Crippen LogP) is 1.98. The smallest absolute Gasteiger partial charge is 0.224 e. The summed E-state index contributed by atoms with van der Waals surface area (Å²) >= 11 is 3.20. The number of carbonyl (C=O) groups is 1. The van der Waals surface area contributed by atoms with Crippen molar-refractivity contribution in [3.63, 3.8) is 0 Å². The number of carbonyl (C=O) groups excluding carboxylic acids is 1. The lowest BCUT2D eigenvalue weighted by molar-refractivity contribution is -0.120. The zero-order valence-corrected chi connectivity index (χ0v) is 11.9. The first-order valence-electron chi connectivity index (χ1n) is 5.82. The van der Waals surface area contributed by atoms with Gasteiger partial charge in [-0.1, -0.05) is 11.8 Å². The van der Waals surface area contributed by atoms with Gasteiger partial charge in [0.2, 0.25) is 5.91 Å². The van der Waals surface area contributed by atoms with Crippen molar-refractivity contribution in [3.05, 3.63) is 44.3 Å². The molecule has 3 N–H and O–H groups in total. The van der Waals surface area contributed by atoms with Crippen LogP contribution in [0.3, 0.4) is 0 Å². The van der Waals surface area contributed by atoms with Crippen molar-refractivity contribution in [3.8, 4) is 11.8 Å². The molecular weight excluding hydrogens is 276 g/mol. The van der Waals surface area contributed by atoms with Crippen LogP contribution in [0.25, 0.3) is 0 Å². The lowest BCUT2D eigenvalue weighted by Crippen LogP contribution is -2.23. The van der Waals surface area contributed by atoms with Gasteiger partial charge in [-0.05, 0) is 28.5 Å². The fourth-order valence-corrected chi connectivity index (χ4v) is 2.94. The molecule has 0 aliphatic carbocycles. The highest BCUT2D eigenvalue weighted by atomic mass is 32.1. The largest absolute Gasteiger partial charge is 0.351 e. The molecule has 0 atom stereocenters. The third kappa shape index (κ3) is 4.52. The Labute approximate surface area is 120 Å². The maximum absolute atomic E-state index is 11.7. The van der Waals surface area contributed by atoms with Crippen LogP contribution in [0.2, 0.25) is 0 Å². The molecule has 2 aromatic heterocycles. The number of rotatable bonds is 4. The van der Waals surface area contributed by atoms with Crippen LogP contribution in [0, 0.1) is 11.8 Å². The molecule has 19 heavy (non-hydrogen) atoms. The molecule has 0 aromatic carbocycles. The molecule has 98 valence electrons. The topological polar surface area (TPSA) is 55.1 Å². The van der Waals surface area contributed by atoms with Gasteiger partial charge in [-0.2, -0.15) is 11.3 Å². The van der Waals surface area contributed by atoms with Crippen LogP contribution in [-0.4, -0.2) is 12.5 Å². The van der Waals surface area contributed by atoms with Gasteiger partial charge in [-0.25, -0.2) is 0 Å². The van der Waals surface area contributed by atoms with E-state index in [1.54, 1.807) is 22.7 Å². The quantitative estimate of drug-likeness (QED) is 0.846. The predicted molar refractivity (Wildman–Crippen MR) is 80.1 cm³/mol. The second kappa shape index (κ2) is 7.10. The van der Waals surface area contributed by atoms with Crippen LogP contribution in [0.1, 0.15) is 16.0 Å². The highest BCUT2D eigenvalue weighted by Gasteiger charge is 2.04. The molecular formula is C14H14N2OS2. The maximum atomic E-state index is 11.7. The Balaban J connectivity index is 1.81. The number of hydrogen-bond acceptors (Lipinski definition) is 4. The van der Waals surface area contributed by atoms with Crippen molar-refractivity contribution >= 4 is 28.6 Å². The molecule has 0 radical (unpaired) electrons. The Morgan fingerprint density at radius 1 is 1.42 bits per heavy atom. The van der Waals surface area contributed by atoms with E-state index in [0.717, 1.165) is 16.0 Å². The highest BCUT2D eigenvalue weighted by molar-refractivity contribution is 7.10. The summed E-state index contributed by atoms with van der Waals surface area (Å²) in [6.07, 6.45) is 0.439. The Bertz CT molecular complexity index is 590. The molecule has 0 unspecified atom stereocenters. The Morgan fingerprint density at radius 3 is 3.05 bits per heavy atom. The Kier molecular flexibility index (Phi) is 5.16. The van der Waals surface area contributed by atoms with Crippen LogP contribution in [-0.2, 0) is 17.8 Å². The molecule has 3 nitrogen and oxygen atoms in total. The van der Waals surface area contributed by atoms with Crippen LogP contribution in [0.5, 0.6) is 0 Å². The standard InChI is InChI=1S/C14H14N2OS2/c15-4-1-2-11-6-13(19-10-11)8-16-14(17)7-12-3-5-18-9-12/h3,5-6,9-10H,4,7-8,15H2,(H,16,17). The van der Waals surface area contributed by atoms with Gasteiger partial charge in [0.25, 0.3) is 0 Å². The average Bonchev–Trinajstić information content (AvgIpc) is 3.05. The maximum Gasteiger partial charge on any atom is 0.224 e. The number of nitrogens with two attached hydrogens (primary N) is 1. The molecule has 0 fully saturated rings. The first-order valence-corrected chi connectivity index (χ1v) is 7.64. The summed E-state index contributed by atoms with van der Waals surface area (Å²) < 4.78 is 0. The molecule has 0 aliphatic heterocycles. The van der Waals surface area contributed by atoms with Gasteiger partial charge in [-0.3, -0.25) is 4.79 Å². The average molecular weight is 290 g/mol. The van der Waals surface area contributed by atoms with Gasteiger partial charge < -0.3 is 11.1 Å². The molecule has 2 rings (SSSR count). The third-order valence-electron chi connectivity index (χ3n) is 2.39. The van der Waals surface area contributed by atoms with E-state index in [1.165, 1.54) is 0 Å². The van der Waals surface area contributed by atoms with E-state index < -0.39 is 0 Å². The number of nitrogens with one attached hydrogen (secondary N) is 1. The van der Waals surface area contributed by atoms with E-state index >= 15 is 0 Å². The lowest BCUT2D eigenvalue weighted by Gasteiger charge is -2.01. The molecule has 0 saturated carbocycles. The fraction of sp³-hybridized carbons (Fsp3) is 0.214. The van der Waals surface area contributed by atoms with Gasteiger partial charge in [0, 0.05) is 15.8 Å². The molecule has 2 aromatic rings. The van der Waals surface area contributed by atoms with E-state index in [-0.39, 0.29) is 5.91 Å². The van der Waals surface area contributed by atoms with Gasteiger partial charge in [0.05, 0.1) is 19.5 Å². The van der Waals surface area contributed by atoms with Crippen LogP contribution in [0.4, 0.5) is 0 Å².